The zero-order chi connectivity index (χ0) is 31.7. The Labute approximate surface area is 252 Å². The molecule has 232 valence electrons. The van der Waals surface area contributed by atoms with Crippen molar-refractivity contribution in [1.29, 1.82) is 0 Å². The van der Waals surface area contributed by atoms with Crippen LogP contribution in [0.4, 0.5) is 5.69 Å². The summed E-state index contributed by atoms with van der Waals surface area (Å²) in [5.74, 6) is -2.23. The standard InChI is InChI=1S/C31H38N2O9S/c1-20(2)42-31(35)28-23(5)32-22(4)27(29(28)24-11-10-12-25(19-24)33(36)37)30(34)40-17-8-6-7-9-18-41-43(38,39)26-15-13-21(3)14-16-26/h10-16,19-20,29,32H,6-9,17-18H2,1-5H3. The van der Waals surface area contributed by atoms with Crippen LogP contribution in [0.15, 0.2) is 76.0 Å². The van der Waals surface area contributed by atoms with Gasteiger partial charge in [-0.2, -0.15) is 8.42 Å². The third-order valence-corrected chi connectivity index (χ3v) is 8.10. The smallest absolute Gasteiger partial charge is 0.337 e. The van der Waals surface area contributed by atoms with Gasteiger partial charge in [-0.25, -0.2) is 9.59 Å². The molecule has 0 aliphatic carbocycles. The minimum Gasteiger partial charge on any atom is -0.462 e. The highest BCUT2D eigenvalue weighted by Crippen LogP contribution is 2.40. The molecule has 0 saturated heterocycles. The third kappa shape index (κ3) is 8.98. The van der Waals surface area contributed by atoms with Crippen LogP contribution in [0.5, 0.6) is 0 Å². The van der Waals surface area contributed by atoms with Crippen molar-refractivity contribution in [2.24, 2.45) is 0 Å². The number of nitrogens with one attached hydrogen (secondary N) is 1. The molecule has 1 heterocycles. The van der Waals surface area contributed by atoms with Gasteiger partial charge in [-0.3, -0.25) is 14.3 Å². The maximum atomic E-state index is 13.4. The second-order valence-electron chi connectivity index (χ2n) is 10.6. The van der Waals surface area contributed by atoms with E-state index in [0.717, 1.165) is 5.56 Å². The van der Waals surface area contributed by atoms with Crippen LogP contribution in [0.1, 0.15) is 70.4 Å². The largest absolute Gasteiger partial charge is 0.462 e. The molecule has 1 aliphatic rings. The number of nitrogens with zero attached hydrogens (tertiary/aromatic N) is 1. The van der Waals surface area contributed by atoms with Crippen molar-refractivity contribution in [3.05, 3.63) is 92.3 Å². The van der Waals surface area contributed by atoms with Crippen LogP contribution in [-0.2, 0) is 33.4 Å². The summed E-state index contributed by atoms with van der Waals surface area (Å²) < 4.78 is 40.7. The van der Waals surface area contributed by atoms with Crippen molar-refractivity contribution in [3.8, 4) is 0 Å². The summed E-state index contributed by atoms with van der Waals surface area (Å²) in [5, 5.41) is 14.5. The average Bonchev–Trinajstić information content (AvgIpc) is 2.93. The van der Waals surface area contributed by atoms with E-state index in [1.54, 1.807) is 45.9 Å². The van der Waals surface area contributed by atoms with Gasteiger partial charge in [0.2, 0.25) is 0 Å². The predicted octanol–water partition coefficient (Wildman–Crippen LogP) is 5.60. The van der Waals surface area contributed by atoms with E-state index in [0.29, 0.717) is 42.6 Å². The van der Waals surface area contributed by atoms with Crippen molar-refractivity contribution in [1.82, 2.24) is 5.32 Å². The molecule has 0 fully saturated rings. The number of aryl methyl sites for hydroxylation is 1. The molecule has 0 spiro atoms. The number of allylic oxidation sites excluding steroid dienone is 2. The maximum Gasteiger partial charge on any atom is 0.337 e. The first-order valence-electron chi connectivity index (χ1n) is 14.1. The van der Waals surface area contributed by atoms with Crippen molar-refractivity contribution < 1.29 is 36.6 Å². The third-order valence-electron chi connectivity index (χ3n) is 6.78. The van der Waals surface area contributed by atoms with Gasteiger partial charge < -0.3 is 14.8 Å². The number of nitro groups is 1. The highest BCUT2D eigenvalue weighted by molar-refractivity contribution is 7.86. The SMILES string of the molecule is CC1=C(C(=O)OCCCCCCOS(=O)(=O)c2ccc(C)cc2)C(c2cccc([N+](=O)[O-])c2)C(C(=O)OC(C)C)=C(C)N1. The number of unbranched alkanes of at least 4 members (excludes halogenated alkanes) is 3. The Kier molecular flexibility index (Phi) is 11.6. The van der Waals surface area contributed by atoms with E-state index in [2.05, 4.69) is 5.32 Å². The van der Waals surface area contributed by atoms with E-state index in [1.165, 1.54) is 30.3 Å². The second-order valence-corrected chi connectivity index (χ2v) is 12.2. The number of benzene rings is 2. The van der Waals surface area contributed by atoms with Gasteiger partial charge in [0.15, 0.2) is 0 Å². The molecule has 0 amide bonds. The number of nitro benzene ring substituents is 1. The molecule has 1 unspecified atom stereocenters. The lowest BCUT2D eigenvalue weighted by atomic mass is 9.80. The molecular weight excluding hydrogens is 576 g/mol. The fraction of sp³-hybridized carbons (Fsp3) is 0.419. The summed E-state index contributed by atoms with van der Waals surface area (Å²) in [5.41, 5.74) is 2.44. The Morgan fingerprint density at radius 3 is 2.12 bits per heavy atom. The van der Waals surface area contributed by atoms with E-state index in [-0.39, 0.29) is 34.9 Å². The van der Waals surface area contributed by atoms with Gasteiger partial charge in [0.25, 0.3) is 15.8 Å². The zero-order valence-corrected chi connectivity index (χ0v) is 25.9. The van der Waals surface area contributed by atoms with E-state index in [1.807, 2.05) is 6.92 Å². The Bertz CT molecular complexity index is 1510. The minimum absolute atomic E-state index is 0.0412. The maximum absolute atomic E-state index is 13.4. The van der Waals surface area contributed by atoms with E-state index < -0.39 is 39.0 Å². The van der Waals surface area contributed by atoms with Gasteiger partial charge in [0.05, 0.1) is 46.2 Å². The summed E-state index contributed by atoms with van der Waals surface area (Å²) in [6.07, 6.45) is 1.93. The van der Waals surface area contributed by atoms with Crippen molar-refractivity contribution in [3.63, 3.8) is 0 Å². The number of ether oxygens (including phenoxy) is 2. The first kappa shape index (κ1) is 33.5. The van der Waals surface area contributed by atoms with Gasteiger partial charge in [-0.1, -0.05) is 36.2 Å². The second kappa shape index (κ2) is 14.9. The summed E-state index contributed by atoms with van der Waals surface area (Å²) in [7, 11) is -3.81. The lowest BCUT2D eigenvalue weighted by Gasteiger charge is -2.30. The van der Waals surface area contributed by atoms with Gasteiger partial charge in [0.1, 0.15) is 0 Å². The molecule has 1 aliphatic heterocycles. The molecular formula is C31H38N2O9S. The Balaban J connectivity index is 1.62. The van der Waals surface area contributed by atoms with Crippen LogP contribution >= 0.6 is 0 Å². The molecule has 0 radical (unpaired) electrons. The molecule has 2 aromatic rings. The summed E-state index contributed by atoms with van der Waals surface area (Å²) >= 11 is 0. The Morgan fingerprint density at radius 1 is 0.907 bits per heavy atom. The van der Waals surface area contributed by atoms with Gasteiger partial charge >= 0.3 is 11.9 Å². The fourth-order valence-electron chi connectivity index (χ4n) is 4.71. The van der Waals surface area contributed by atoms with Gasteiger partial charge in [0, 0.05) is 23.5 Å². The number of non-ortho nitro benzene ring substituents is 1. The summed E-state index contributed by atoms with van der Waals surface area (Å²) in [6.45, 7) is 8.78. The summed E-state index contributed by atoms with van der Waals surface area (Å²) in [6, 6.07) is 12.2. The Hall–Kier alpha value is -4.03. The normalized spacial score (nSPS) is 15.3. The average molecular weight is 615 g/mol. The number of carbonyl (C=O) groups is 2. The molecule has 0 aromatic heterocycles. The lowest BCUT2D eigenvalue weighted by Crippen LogP contribution is -2.33. The Morgan fingerprint density at radius 2 is 1.51 bits per heavy atom. The van der Waals surface area contributed by atoms with E-state index in [9.17, 15) is 28.1 Å². The molecule has 11 nitrogen and oxygen atoms in total. The highest BCUT2D eigenvalue weighted by Gasteiger charge is 2.38. The van der Waals surface area contributed by atoms with Crippen LogP contribution in [0.25, 0.3) is 0 Å². The quantitative estimate of drug-likeness (QED) is 0.0936. The van der Waals surface area contributed by atoms with Crippen LogP contribution in [0, 0.1) is 17.0 Å². The molecule has 0 saturated carbocycles. The van der Waals surface area contributed by atoms with Crippen molar-refractivity contribution in [2.75, 3.05) is 13.2 Å². The van der Waals surface area contributed by atoms with Crippen LogP contribution in [-0.4, -0.2) is 44.6 Å². The topological polar surface area (TPSA) is 151 Å². The predicted molar refractivity (Wildman–Crippen MR) is 159 cm³/mol. The fourth-order valence-corrected chi connectivity index (χ4v) is 5.65. The number of esters is 2. The first-order chi connectivity index (χ1) is 20.3. The van der Waals surface area contributed by atoms with Crippen LogP contribution in [0.3, 0.4) is 0 Å². The molecule has 0 bridgehead atoms. The monoisotopic (exact) mass is 614 g/mol. The van der Waals surface area contributed by atoms with Crippen LogP contribution < -0.4 is 5.32 Å². The zero-order valence-electron chi connectivity index (χ0n) is 25.0. The number of rotatable bonds is 14. The molecule has 43 heavy (non-hydrogen) atoms. The number of carbonyl (C=O) groups excluding carboxylic acids is 2. The summed E-state index contributed by atoms with van der Waals surface area (Å²) in [4.78, 5) is 37.6. The van der Waals surface area contributed by atoms with Crippen LogP contribution in [0.2, 0.25) is 0 Å². The number of hydrogen-bond acceptors (Lipinski definition) is 10. The van der Waals surface area contributed by atoms with Gasteiger partial charge in [-0.15, -0.1) is 0 Å². The molecule has 1 atom stereocenters. The molecule has 12 heteroatoms. The molecule has 1 N–H and O–H groups in total. The molecule has 3 rings (SSSR count). The number of hydrogen-bond donors (Lipinski definition) is 1. The van der Waals surface area contributed by atoms with E-state index in [4.69, 9.17) is 13.7 Å². The van der Waals surface area contributed by atoms with Gasteiger partial charge in [-0.05, 0) is 71.6 Å². The lowest BCUT2D eigenvalue weighted by molar-refractivity contribution is -0.384. The first-order valence-corrected chi connectivity index (χ1v) is 15.5. The minimum atomic E-state index is -3.81. The van der Waals surface area contributed by atoms with Crippen molar-refractivity contribution >= 4 is 27.7 Å². The number of dihydropyridines is 1. The molecule has 2 aromatic carbocycles. The highest BCUT2D eigenvalue weighted by atomic mass is 32.2. The van der Waals surface area contributed by atoms with Crippen molar-refractivity contribution in [2.45, 2.75) is 77.2 Å². The van der Waals surface area contributed by atoms with E-state index >= 15 is 0 Å².